The Kier molecular flexibility index (Phi) is 4.16. The average molecular weight is 221 g/mol. The molecule has 0 saturated carbocycles. The van der Waals surface area contributed by atoms with Crippen molar-refractivity contribution >= 4 is 0 Å². The predicted octanol–water partition coefficient (Wildman–Crippen LogP) is 0.557. The number of piperazine rings is 1. The fourth-order valence-electron chi connectivity index (χ4n) is 1.80. The molecule has 0 bridgehead atoms. The first kappa shape index (κ1) is 11.4. The van der Waals surface area contributed by atoms with Crippen LogP contribution in [-0.2, 0) is 0 Å². The van der Waals surface area contributed by atoms with Gasteiger partial charge in [0.15, 0.2) is 0 Å². The number of nitrogens with two attached hydrogens (primary N) is 1. The van der Waals surface area contributed by atoms with Crippen LogP contribution in [0.25, 0.3) is 0 Å². The lowest BCUT2D eigenvalue weighted by Gasteiger charge is -2.31. The van der Waals surface area contributed by atoms with Gasteiger partial charge in [-0.25, -0.2) is 5.01 Å². The molecule has 4 heteroatoms. The summed E-state index contributed by atoms with van der Waals surface area (Å²) >= 11 is 0. The fraction of sp³-hybridized carbons (Fsp3) is 0.500. The van der Waals surface area contributed by atoms with E-state index in [-0.39, 0.29) is 0 Å². The Hall–Kier alpha value is -1.10. The largest absolute Gasteiger partial charge is 0.492 e. The second kappa shape index (κ2) is 5.84. The molecule has 0 aromatic heterocycles. The van der Waals surface area contributed by atoms with Crippen molar-refractivity contribution in [2.45, 2.75) is 0 Å². The van der Waals surface area contributed by atoms with E-state index in [2.05, 4.69) is 4.90 Å². The Bertz CT molecular complexity index is 296. The van der Waals surface area contributed by atoms with E-state index in [0.717, 1.165) is 45.1 Å². The maximum atomic E-state index is 5.69. The van der Waals surface area contributed by atoms with Gasteiger partial charge in [0.05, 0.1) is 0 Å². The van der Waals surface area contributed by atoms with E-state index in [9.17, 15) is 0 Å². The number of hydrogen-bond donors (Lipinski definition) is 1. The third kappa shape index (κ3) is 3.48. The molecule has 1 heterocycles. The zero-order chi connectivity index (χ0) is 11.2. The summed E-state index contributed by atoms with van der Waals surface area (Å²) in [6, 6.07) is 9.94. The van der Waals surface area contributed by atoms with Crippen LogP contribution >= 0.6 is 0 Å². The summed E-state index contributed by atoms with van der Waals surface area (Å²) in [7, 11) is 0. The summed E-state index contributed by atoms with van der Waals surface area (Å²) in [5.74, 6) is 6.64. The van der Waals surface area contributed by atoms with Crippen molar-refractivity contribution in [3.05, 3.63) is 30.3 Å². The Labute approximate surface area is 96.6 Å². The van der Waals surface area contributed by atoms with Crippen molar-refractivity contribution in [3.8, 4) is 5.75 Å². The van der Waals surface area contributed by atoms with Crippen molar-refractivity contribution in [1.29, 1.82) is 0 Å². The van der Waals surface area contributed by atoms with Crippen LogP contribution in [0.15, 0.2) is 30.3 Å². The molecule has 0 unspecified atom stereocenters. The second-order valence-corrected chi connectivity index (χ2v) is 4.04. The molecule has 0 atom stereocenters. The summed E-state index contributed by atoms with van der Waals surface area (Å²) < 4.78 is 5.65. The van der Waals surface area contributed by atoms with Gasteiger partial charge in [0.1, 0.15) is 12.4 Å². The summed E-state index contributed by atoms with van der Waals surface area (Å²) in [5, 5.41) is 1.87. The molecule has 1 aromatic carbocycles. The number of hydrogen-bond acceptors (Lipinski definition) is 4. The van der Waals surface area contributed by atoms with Gasteiger partial charge in [0.25, 0.3) is 0 Å². The van der Waals surface area contributed by atoms with Crippen LogP contribution < -0.4 is 10.6 Å². The lowest BCUT2D eigenvalue weighted by atomic mass is 10.3. The minimum atomic E-state index is 0.745. The van der Waals surface area contributed by atoms with Gasteiger partial charge >= 0.3 is 0 Å². The number of nitrogens with zero attached hydrogens (tertiary/aromatic N) is 2. The van der Waals surface area contributed by atoms with Crippen LogP contribution in [-0.4, -0.2) is 49.2 Å². The van der Waals surface area contributed by atoms with Crippen molar-refractivity contribution in [2.24, 2.45) is 5.84 Å². The summed E-state index contributed by atoms with van der Waals surface area (Å²) in [6.45, 7) is 5.69. The molecular formula is C12H19N3O. The molecule has 0 radical (unpaired) electrons. The molecule has 2 N–H and O–H groups in total. The first-order valence-corrected chi connectivity index (χ1v) is 5.74. The lowest BCUT2D eigenvalue weighted by molar-refractivity contribution is 0.118. The number of rotatable bonds is 4. The van der Waals surface area contributed by atoms with Crippen LogP contribution in [0.4, 0.5) is 0 Å². The Morgan fingerprint density at radius 3 is 2.44 bits per heavy atom. The van der Waals surface area contributed by atoms with Gasteiger partial charge in [-0.2, -0.15) is 0 Å². The van der Waals surface area contributed by atoms with E-state index in [1.54, 1.807) is 0 Å². The molecule has 1 fully saturated rings. The summed E-state index contributed by atoms with van der Waals surface area (Å²) in [6.07, 6.45) is 0. The van der Waals surface area contributed by atoms with Crippen molar-refractivity contribution in [2.75, 3.05) is 39.3 Å². The monoisotopic (exact) mass is 221 g/mol. The van der Waals surface area contributed by atoms with E-state index in [4.69, 9.17) is 10.6 Å². The van der Waals surface area contributed by atoms with Gasteiger partial charge in [0, 0.05) is 32.7 Å². The van der Waals surface area contributed by atoms with E-state index >= 15 is 0 Å². The second-order valence-electron chi connectivity index (χ2n) is 4.04. The maximum absolute atomic E-state index is 5.69. The molecule has 1 aromatic rings. The molecule has 2 rings (SSSR count). The molecule has 88 valence electrons. The number of hydrazine groups is 1. The quantitative estimate of drug-likeness (QED) is 0.754. The van der Waals surface area contributed by atoms with Gasteiger partial charge in [-0.1, -0.05) is 18.2 Å². The molecule has 1 aliphatic heterocycles. The zero-order valence-electron chi connectivity index (χ0n) is 9.51. The number of ether oxygens (including phenoxy) is 1. The highest BCUT2D eigenvalue weighted by atomic mass is 16.5. The van der Waals surface area contributed by atoms with Gasteiger partial charge in [-0.15, -0.1) is 0 Å². The Morgan fingerprint density at radius 1 is 1.06 bits per heavy atom. The van der Waals surface area contributed by atoms with Gasteiger partial charge < -0.3 is 4.74 Å². The Balaban J connectivity index is 1.65. The highest BCUT2D eigenvalue weighted by molar-refractivity contribution is 5.20. The first-order valence-electron chi connectivity index (χ1n) is 5.74. The third-order valence-corrected chi connectivity index (χ3v) is 2.83. The Morgan fingerprint density at radius 2 is 1.75 bits per heavy atom. The lowest BCUT2D eigenvalue weighted by Crippen LogP contribution is -2.50. The van der Waals surface area contributed by atoms with Crippen molar-refractivity contribution in [1.82, 2.24) is 9.91 Å². The zero-order valence-corrected chi connectivity index (χ0v) is 9.51. The summed E-state index contributed by atoms with van der Waals surface area (Å²) in [5.41, 5.74) is 0. The number of para-hydroxylation sites is 1. The molecule has 1 saturated heterocycles. The fourth-order valence-corrected chi connectivity index (χ4v) is 1.80. The third-order valence-electron chi connectivity index (χ3n) is 2.83. The van der Waals surface area contributed by atoms with Crippen LogP contribution in [0.3, 0.4) is 0 Å². The van der Waals surface area contributed by atoms with E-state index < -0.39 is 0 Å². The van der Waals surface area contributed by atoms with Crippen LogP contribution in [0.5, 0.6) is 5.75 Å². The predicted molar refractivity (Wildman–Crippen MR) is 64.1 cm³/mol. The SMILES string of the molecule is NN1CCN(CCOc2ccccc2)CC1. The number of benzene rings is 1. The highest BCUT2D eigenvalue weighted by Crippen LogP contribution is 2.08. The van der Waals surface area contributed by atoms with Gasteiger partial charge in [-0.05, 0) is 12.1 Å². The molecule has 0 aliphatic carbocycles. The van der Waals surface area contributed by atoms with Crippen LogP contribution in [0.1, 0.15) is 0 Å². The van der Waals surface area contributed by atoms with E-state index in [0.29, 0.717) is 0 Å². The van der Waals surface area contributed by atoms with E-state index in [1.165, 1.54) is 0 Å². The summed E-state index contributed by atoms with van der Waals surface area (Å²) in [4.78, 5) is 2.38. The minimum absolute atomic E-state index is 0.745. The topological polar surface area (TPSA) is 41.7 Å². The van der Waals surface area contributed by atoms with E-state index in [1.807, 2.05) is 35.3 Å². The molecule has 4 nitrogen and oxygen atoms in total. The average Bonchev–Trinajstić information content (AvgIpc) is 2.33. The molecule has 0 amide bonds. The first-order chi connectivity index (χ1) is 7.84. The van der Waals surface area contributed by atoms with Crippen LogP contribution in [0.2, 0.25) is 0 Å². The molecular weight excluding hydrogens is 202 g/mol. The molecule has 1 aliphatic rings. The van der Waals surface area contributed by atoms with Crippen molar-refractivity contribution < 1.29 is 4.74 Å². The van der Waals surface area contributed by atoms with Gasteiger partial charge in [0.2, 0.25) is 0 Å². The smallest absolute Gasteiger partial charge is 0.119 e. The maximum Gasteiger partial charge on any atom is 0.119 e. The standard InChI is InChI=1S/C12H19N3O/c13-15-8-6-14(7-9-15)10-11-16-12-4-2-1-3-5-12/h1-5H,6-11,13H2. The van der Waals surface area contributed by atoms with Crippen LogP contribution in [0, 0.1) is 0 Å². The molecule has 0 spiro atoms. The minimum Gasteiger partial charge on any atom is -0.492 e. The molecule has 16 heavy (non-hydrogen) atoms. The highest BCUT2D eigenvalue weighted by Gasteiger charge is 2.13. The van der Waals surface area contributed by atoms with Gasteiger partial charge in [-0.3, -0.25) is 10.7 Å². The van der Waals surface area contributed by atoms with Crippen molar-refractivity contribution in [3.63, 3.8) is 0 Å². The normalized spacial score (nSPS) is 18.6.